The first-order valence-corrected chi connectivity index (χ1v) is 3.46. The highest BCUT2D eigenvalue weighted by molar-refractivity contribution is 7.68. The van der Waals surface area contributed by atoms with Crippen molar-refractivity contribution in [1.82, 2.24) is 0 Å². The number of rotatable bonds is 1. The maximum absolute atomic E-state index is 10.2. The van der Waals surface area contributed by atoms with Crippen LogP contribution < -0.4 is 0 Å². The van der Waals surface area contributed by atoms with Gasteiger partial charge in [-0.15, -0.1) is 0 Å². The van der Waals surface area contributed by atoms with Crippen LogP contribution in [0.1, 0.15) is 6.42 Å². The Kier molecular flexibility index (Phi) is 2.28. The van der Waals surface area contributed by atoms with Crippen molar-refractivity contribution in [2.45, 2.75) is 6.42 Å². The Balaban J connectivity index is 2.81. The molecule has 1 aliphatic heterocycles. The molecule has 0 atom stereocenters. The molecule has 0 amide bonds. The Labute approximate surface area is 61.5 Å². The van der Waals surface area contributed by atoms with Crippen LogP contribution in [0.25, 0.3) is 0 Å². The van der Waals surface area contributed by atoms with E-state index in [0.29, 0.717) is 34.5 Å². The van der Waals surface area contributed by atoms with E-state index < -0.39 is 0 Å². The zero-order chi connectivity index (χ0) is 7.40. The smallest absolute Gasteiger partial charge is 0.168 e. The van der Waals surface area contributed by atoms with E-state index in [1.807, 2.05) is 0 Å². The Morgan fingerprint density at radius 3 is 2.90 bits per heavy atom. The van der Waals surface area contributed by atoms with Gasteiger partial charge in [-0.25, -0.2) is 4.21 Å². The zero-order valence-electron chi connectivity index (χ0n) is 5.11. The number of allylic oxidation sites excluding steroid dienone is 2. The molecule has 0 radical (unpaired) electrons. The van der Waals surface area contributed by atoms with E-state index in [9.17, 15) is 9.00 Å². The van der Waals surface area contributed by atoms with E-state index in [0.717, 1.165) is 0 Å². The lowest BCUT2D eigenvalue weighted by atomic mass is 10.2. The van der Waals surface area contributed by atoms with Crippen LogP contribution in [0.4, 0.5) is 0 Å². The summed E-state index contributed by atoms with van der Waals surface area (Å²) < 4.78 is 10.2. The second kappa shape index (κ2) is 3.22. The van der Waals surface area contributed by atoms with Gasteiger partial charge in [-0.3, -0.25) is 9.79 Å². The van der Waals surface area contributed by atoms with E-state index in [1.54, 1.807) is 6.08 Å². The Morgan fingerprint density at radius 1 is 1.70 bits per heavy atom. The number of hydrogen-bond acceptors (Lipinski definition) is 3. The summed E-state index contributed by atoms with van der Waals surface area (Å²) in [4.78, 5) is 14.4. The minimum atomic E-state index is 0.401. The molecule has 0 spiro atoms. The van der Waals surface area contributed by atoms with Crippen LogP contribution in [0, 0.1) is 0 Å². The summed E-state index contributed by atoms with van der Waals surface area (Å²) in [5.74, 6) is 0. The van der Waals surface area contributed by atoms with Crippen molar-refractivity contribution in [2.24, 2.45) is 4.99 Å². The fourth-order valence-corrected chi connectivity index (χ4v) is 0.838. The molecule has 1 heterocycles. The normalized spacial score (nSPS) is 16.4. The van der Waals surface area contributed by atoms with Crippen molar-refractivity contribution in [1.29, 1.82) is 0 Å². The summed E-state index contributed by atoms with van der Waals surface area (Å²) in [6.45, 7) is 0. The van der Waals surface area contributed by atoms with Gasteiger partial charge in [0.15, 0.2) is 6.29 Å². The van der Waals surface area contributed by atoms with Crippen molar-refractivity contribution in [3.05, 3.63) is 11.8 Å². The Hall–Kier alpha value is -1.03. The molecule has 1 rings (SSSR count). The zero-order valence-corrected chi connectivity index (χ0v) is 5.93. The summed E-state index contributed by atoms with van der Waals surface area (Å²) >= 11 is 0.415. The SMILES string of the molecule is O=CC1=CCC(=S=O)C=N1. The summed E-state index contributed by atoms with van der Waals surface area (Å²) in [5, 5.41) is 0. The van der Waals surface area contributed by atoms with Gasteiger partial charge in [0.1, 0.15) is 0 Å². The Bertz CT molecular complexity index is 261. The minimum absolute atomic E-state index is 0.401. The number of aldehydes is 1. The minimum Gasteiger partial charge on any atom is -0.296 e. The molecular formula is C6H5NO2S. The second-order valence-corrected chi connectivity index (χ2v) is 2.45. The largest absolute Gasteiger partial charge is 0.296 e. The molecule has 0 fully saturated rings. The molecule has 0 saturated carbocycles. The first kappa shape index (κ1) is 7.08. The van der Waals surface area contributed by atoms with E-state index in [-0.39, 0.29) is 0 Å². The first-order chi connectivity index (χ1) is 4.86. The van der Waals surface area contributed by atoms with E-state index >= 15 is 0 Å². The molecule has 0 aromatic rings. The Morgan fingerprint density at radius 2 is 2.50 bits per heavy atom. The molecule has 0 N–H and O–H groups in total. The third kappa shape index (κ3) is 1.48. The van der Waals surface area contributed by atoms with E-state index in [1.165, 1.54) is 6.21 Å². The predicted octanol–water partition coefficient (Wildman–Crippen LogP) is -0.0709. The topological polar surface area (TPSA) is 46.5 Å². The molecule has 0 aliphatic carbocycles. The first-order valence-electron chi connectivity index (χ1n) is 2.72. The molecule has 3 nitrogen and oxygen atoms in total. The molecule has 0 aromatic carbocycles. The average molecular weight is 155 g/mol. The predicted molar refractivity (Wildman–Crippen MR) is 40.4 cm³/mol. The summed E-state index contributed by atoms with van der Waals surface area (Å²) in [5.41, 5.74) is 0.401. The highest BCUT2D eigenvalue weighted by atomic mass is 32.1. The van der Waals surface area contributed by atoms with Gasteiger partial charge in [-0.2, -0.15) is 0 Å². The molecule has 1 aliphatic rings. The van der Waals surface area contributed by atoms with Crippen molar-refractivity contribution in [3.63, 3.8) is 0 Å². The highest BCUT2D eigenvalue weighted by Gasteiger charge is 2.00. The van der Waals surface area contributed by atoms with Gasteiger partial charge in [0.2, 0.25) is 0 Å². The highest BCUT2D eigenvalue weighted by Crippen LogP contribution is 2.00. The molecule has 4 heteroatoms. The number of aliphatic imine (C=N–C) groups is 1. The molecule has 10 heavy (non-hydrogen) atoms. The van der Waals surface area contributed by atoms with Gasteiger partial charge >= 0.3 is 0 Å². The third-order valence-electron chi connectivity index (χ3n) is 1.10. The van der Waals surface area contributed by atoms with Crippen LogP contribution in [0.2, 0.25) is 0 Å². The van der Waals surface area contributed by atoms with Crippen molar-refractivity contribution < 1.29 is 9.00 Å². The number of nitrogens with zero attached hydrogens (tertiary/aromatic N) is 1. The van der Waals surface area contributed by atoms with Crippen LogP contribution in [-0.4, -0.2) is 21.6 Å². The average Bonchev–Trinajstić information content (AvgIpc) is 2.05. The van der Waals surface area contributed by atoms with Gasteiger partial charge in [-0.1, -0.05) is 0 Å². The van der Waals surface area contributed by atoms with Crippen LogP contribution in [0.15, 0.2) is 16.8 Å². The molecule has 0 aromatic heterocycles. The lowest BCUT2D eigenvalue weighted by molar-refractivity contribution is -0.104. The maximum Gasteiger partial charge on any atom is 0.168 e. The van der Waals surface area contributed by atoms with Crippen molar-refractivity contribution >= 4 is 28.6 Å². The lowest BCUT2D eigenvalue weighted by Crippen LogP contribution is -2.03. The fraction of sp³-hybridized carbons (Fsp3) is 0.167. The monoisotopic (exact) mass is 155 g/mol. The molecule has 0 unspecified atom stereocenters. The van der Waals surface area contributed by atoms with Crippen LogP contribution >= 0.6 is 0 Å². The standard InChI is InChI=1S/C6H5NO2S/c8-4-5-1-2-6(10-9)3-7-5/h1,3-4H,2H2. The van der Waals surface area contributed by atoms with Gasteiger partial charge in [0.25, 0.3) is 0 Å². The van der Waals surface area contributed by atoms with Crippen molar-refractivity contribution in [3.8, 4) is 0 Å². The van der Waals surface area contributed by atoms with Gasteiger partial charge in [0.05, 0.1) is 21.8 Å². The number of hydrogen-bond donors (Lipinski definition) is 0. The van der Waals surface area contributed by atoms with Crippen LogP contribution in [-0.2, 0) is 16.1 Å². The molecular weight excluding hydrogens is 150 g/mol. The van der Waals surface area contributed by atoms with Gasteiger partial charge in [-0.05, 0) is 6.08 Å². The molecule has 0 bridgehead atoms. The number of carbonyl (C=O) groups excluding carboxylic acids is 1. The van der Waals surface area contributed by atoms with Gasteiger partial charge < -0.3 is 0 Å². The second-order valence-electron chi connectivity index (χ2n) is 1.76. The lowest BCUT2D eigenvalue weighted by Gasteiger charge is -1.97. The van der Waals surface area contributed by atoms with Crippen LogP contribution in [0.3, 0.4) is 0 Å². The molecule has 0 saturated heterocycles. The fourth-order valence-electron chi connectivity index (χ4n) is 0.591. The van der Waals surface area contributed by atoms with Gasteiger partial charge in [0, 0.05) is 12.6 Å². The van der Waals surface area contributed by atoms with E-state index in [4.69, 9.17) is 0 Å². The summed E-state index contributed by atoms with van der Waals surface area (Å²) in [6.07, 6.45) is 4.27. The third-order valence-corrected chi connectivity index (χ3v) is 1.58. The summed E-state index contributed by atoms with van der Waals surface area (Å²) in [7, 11) is 0. The summed E-state index contributed by atoms with van der Waals surface area (Å²) in [6, 6.07) is 0. The van der Waals surface area contributed by atoms with E-state index in [2.05, 4.69) is 4.99 Å². The quantitative estimate of drug-likeness (QED) is 0.393. The van der Waals surface area contributed by atoms with Crippen molar-refractivity contribution in [2.75, 3.05) is 0 Å². The molecule has 52 valence electrons. The van der Waals surface area contributed by atoms with Crippen LogP contribution in [0.5, 0.6) is 0 Å². The maximum atomic E-state index is 10.2. The number of carbonyl (C=O) groups is 1.